The number of piperidine rings is 1. The normalized spacial score (nSPS) is 30.6. The first-order valence-electron chi connectivity index (χ1n) is 6.33. The zero-order valence-electron chi connectivity index (χ0n) is 10.1. The molecule has 3 heteroatoms. The Balaban J connectivity index is 1.75. The zero-order chi connectivity index (χ0) is 11.4. The predicted molar refractivity (Wildman–Crippen MR) is 65.1 cm³/mol. The first kappa shape index (κ1) is 11.6. The van der Waals surface area contributed by atoms with Crippen LogP contribution in [0.2, 0.25) is 0 Å². The molecular weight excluding hydrogens is 200 g/mol. The van der Waals surface area contributed by atoms with E-state index in [0.29, 0.717) is 0 Å². The van der Waals surface area contributed by atoms with Gasteiger partial charge in [-0.05, 0) is 37.6 Å². The molecule has 0 aromatic carbocycles. The molecule has 1 fully saturated rings. The maximum atomic E-state index is 11.9. The Morgan fingerprint density at radius 1 is 1.50 bits per heavy atom. The Labute approximate surface area is 97.7 Å². The molecule has 1 aliphatic heterocycles. The van der Waals surface area contributed by atoms with Gasteiger partial charge in [-0.25, -0.2) is 0 Å². The average Bonchev–Trinajstić information content (AvgIpc) is 2.80. The Morgan fingerprint density at radius 3 is 2.88 bits per heavy atom. The minimum Gasteiger partial charge on any atom is -0.355 e. The third-order valence-electron chi connectivity index (χ3n) is 3.75. The first-order valence-corrected chi connectivity index (χ1v) is 6.33. The molecule has 0 spiro atoms. The summed E-state index contributed by atoms with van der Waals surface area (Å²) in [6, 6.07) is 0. The van der Waals surface area contributed by atoms with Crippen LogP contribution in [-0.2, 0) is 4.79 Å². The van der Waals surface area contributed by atoms with Crippen LogP contribution in [0.15, 0.2) is 12.2 Å². The van der Waals surface area contributed by atoms with Gasteiger partial charge in [-0.3, -0.25) is 4.79 Å². The van der Waals surface area contributed by atoms with E-state index in [1.165, 1.54) is 12.8 Å². The van der Waals surface area contributed by atoms with Gasteiger partial charge in [0.1, 0.15) is 0 Å². The number of rotatable bonds is 3. The SMILES string of the molecule is CC1(CNC(=O)C2CC=CC2)CCCNC1. The number of nitrogens with one attached hydrogen (secondary N) is 2. The molecule has 1 unspecified atom stereocenters. The van der Waals surface area contributed by atoms with Crippen LogP contribution in [0.3, 0.4) is 0 Å². The van der Waals surface area contributed by atoms with Crippen LogP contribution in [0.5, 0.6) is 0 Å². The van der Waals surface area contributed by atoms with E-state index in [9.17, 15) is 4.79 Å². The number of hydrogen-bond donors (Lipinski definition) is 2. The lowest BCUT2D eigenvalue weighted by Crippen LogP contribution is -2.46. The third kappa shape index (κ3) is 2.85. The van der Waals surface area contributed by atoms with E-state index >= 15 is 0 Å². The van der Waals surface area contributed by atoms with Gasteiger partial charge in [-0.1, -0.05) is 19.1 Å². The standard InChI is InChI=1S/C13H22N2O/c1-13(7-4-8-14-9-13)10-15-12(16)11-5-2-3-6-11/h2-3,11,14H,4-10H2,1H3,(H,15,16). The third-order valence-corrected chi connectivity index (χ3v) is 3.75. The molecule has 1 aliphatic carbocycles. The Hall–Kier alpha value is -0.830. The number of allylic oxidation sites excluding steroid dienone is 2. The second-order valence-corrected chi connectivity index (χ2v) is 5.45. The smallest absolute Gasteiger partial charge is 0.223 e. The Kier molecular flexibility index (Phi) is 3.64. The van der Waals surface area contributed by atoms with Gasteiger partial charge in [0, 0.05) is 19.0 Å². The first-order chi connectivity index (χ1) is 7.70. The van der Waals surface area contributed by atoms with Gasteiger partial charge in [0.05, 0.1) is 0 Å². The van der Waals surface area contributed by atoms with Crippen molar-refractivity contribution in [2.75, 3.05) is 19.6 Å². The topological polar surface area (TPSA) is 41.1 Å². The van der Waals surface area contributed by atoms with Gasteiger partial charge in [0.2, 0.25) is 5.91 Å². The van der Waals surface area contributed by atoms with E-state index in [2.05, 4.69) is 29.7 Å². The summed E-state index contributed by atoms with van der Waals surface area (Å²) in [5.41, 5.74) is 0.250. The fourth-order valence-electron chi connectivity index (χ4n) is 2.55. The summed E-state index contributed by atoms with van der Waals surface area (Å²) in [4.78, 5) is 11.9. The summed E-state index contributed by atoms with van der Waals surface area (Å²) in [5.74, 6) is 0.428. The molecule has 0 radical (unpaired) electrons. The Morgan fingerprint density at radius 2 is 2.25 bits per heavy atom. The molecule has 1 heterocycles. The molecule has 2 rings (SSSR count). The molecule has 16 heavy (non-hydrogen) atoms. The van der Waals surface area contributed by atoms with Crippen LogP contribution in [0.1, 0.15) is 32.6 Å². The molecule has 90 valence electrons. The largest absolute Gasteiger partial charge is 0.355 e. The second kappa shape index (κ2) is 5.00. The highest BCUT2D eigenvalue weighted by atomic mass is 16.1. The van der Waals surface area contributed by atoms with E-state index in [1.807, 2.05) is 0 Å². The fraction of sp³-hybridized carbons (Fsp3) is 0.769. The minimum absolute atomic E-state index is 0.195. The van der Waals surface area contributed by atoms with Crippen LogP contribution >= 0.6 is 0 Å². The van der Waals surface area contributed by atoms with E-state index in [1.54, 1.807) is 0 Å². The van der Waals surface area contributed by atoms with Crippen molar-refractivity contribution in [2.45, 2.75) is 32.6 Å². The lowest BCUT2D eigenvalue weighted by molar-refractivity contribution is -0.125. The van der Waals surface area contributed by atoms with E-state index in [-0.39, 0.29) is 17.2 Å². The Bertz CT molecular complexity index is 272. The highest BCUT2D eigenvalue weighted by Crippen LogP contribution is 2.25. The van der Waals surface area contributed by atoms with Crippen LogP contribution in [0, 0.1) is 11.3 Å². The van der Waals surface area contributed by atoms with Crippen molar-refractivity contribution in [1.82, 2.24) is 10.6 Å². The zero-order valence-corrected chi connectivity index (χ0v) is 10.1. The van der Waals surface area contributed by atoms with Gasteiger partial charge >= 0.3 is 0 Å². The lowest BCUT2D eigenvalue weighted by Gasteiger charge is -2.34. The van der Waals surface area contributed by atoms with E-state index in [0.717, 1.165) is 32.5 Å². The van der Waals surface area contributed by atoms with Crippen LogP contribution < -0.4 is 10.6 Å². The molecule has 0 saturated carbocycles. The number of hydrogen-bond acceptors (Lipinski definition) is 2. The van der Waals surface area contributed by atoms with Crippen molar-refractivity contribution in [1.29, 1.82) is 0 Å². The van der Waals surface area contributed by atoms with Gasteiger partial charge in [-0.15, -0.1) is 0 Å². The number of amides is 1. The van der Waals surface area contributed by atoms with Crippen molar-refractivity contribution < 1.29 is 4.79 Å². The number of carbonyl (C=O) groups excluding carboxylic acids is 1. The average molecular weight is 222 g/mol. The van der Waals surface area contributed by atoms with Crippen molar-refractivity contribution in [3.63, 3.8) is 0 Å². The molecular formula is C13H22N2O. The molecule has 2 aliphatic rings. The fourth-order valence-corrected chi connectivity index (χ4v) is 2.55. The maximum Gasteiger partial charge on any atom is 0.223 e. The molecule has 0 bridgehead atoms. The molecule has 2 N–H and O–H groups in total. The molecule has 1 saturated heterocycles. The summed E-state index contributed by atoms with van der Waals surface area (Å²) >= 11 is 0. The summed E-state index contributed by atoms with van der Waals surface area (Å²) in [6.45, 7) is 5.22. The maximum absolute atomic E-state index is 11.9. The van der Waals surface area contributed by atoms with Crippen molar-refractivity contribution in [2.24, 2.45) is 11.3 Å². The van der Waals surface area contributed by atoms with Crippen molar-refractivity contribution in [3.8, 4) is 0 Å². The molecule has 3 nitrogen and oxygen atoms in total. The van der Waals surface area contributed by atoms with Crippen LogP contribution in [-0.4, -0.2) is 25.5 Å². The van der Waals surface area contributed by atoms with Gasteiger partial charge in [0.15, 0.2) is 0 Å². The van der Waals surface area contributed by atoms with E-state index < -0.39 is 0 Å². The minimum atomic E-state index is 0.195. The number of carbonyl (C=O) groups is 1. The quantitative estimate of drug-likeness (QED) is 0.710. The van der Waals surface area contributed by atoms with E-state index in [4.69, 9.17) is 0 Å². The molecule has 1 atom stereocenters. The van der Waals surface area contributed by atoms with Crippen LogP contribution in [0.25, 0.3) is 0 Å². The summed E-state index contributed by atoms with van der Waals surface area (Å²) in [5, 5.41) is 6.52. The van der Waals surface area contributed by atoms with Gasteiger partial charge < -0.3 is 10.6 Å². The summed E-state index contributed by atoms with van der Waals surface area (Å²) in [7, 11) is 0. The van der Waals surface area contributed by atoms with Gasteiger partial charge in [0.25, 0.3) is 0 Å². The highest BCUT2D eigenvalue weighted by Gasteiger charge is 2.28. The lowest BCUT2D eigenvalue weighted by atomic mass is 9.82. The monoisotopic (exact) mass is 222 g/mol. The molecule has 1 amide bonds. The molecule has 0 aromatic rings. The summed E-state index contributed by atoms with van der Waals surface area (Å²) in [6.07, 6.45) is 8.48. The highest BCUT2D eigenvalue weighted by molar-refractivity contribution is 5.79. The van der Waals surface area contributed by atoms with Gasteiger partial charge in [-0.2, -0.15) is 0 Å². The van der Waals surface area contributed by atoms with Crippen LogP contribution in [0.4, 0.5) is 0 Å². The van der Waals surface area contributed by atoms with Crippen molar-refractivity contribution in [3.05, 3.63) is 12.2 Å². The summed E-state index contributed by atoms with van der Waals surface area (Å²) < 4.78 is 0. The van der Waals surface area contributed by atoms with Crippen molar-refractivity contribution >= 4 is 5.91 Å². The molecule has 0 aromatic heterocycles. The predicted octanol–water partition coefficient (Wildman–Crippen LogP) is 1.46. The second-order valence-electron chi connectivity index (χ2n) is 5.45.